The van der Waals surface area contributed by atoms with Crippen molar-refractivity contribution in [1.82, 2.24) is 19.5 Å². The van der Waals surface area contributed by atoms with Crippen LogP contribution in [0.1, 0.15) is 25.6 Å². The van der Waals surface area contributed by atoms with Crippen LogP contribution in [0, 0.1) is 5.92 Å². The summed E-state index contributed by atoms with van der Waals surface area (Å²) in [5.41, 5.74) is 0. The predicted octanol–water partition coefficient (Wildman–Crippen LogP) is 3.15. The van der Waals surface area contributed by atoms with Crippen molar-refractivity contribution in [3.05, 3.63) is 36.0 Å². The van der Waals surface area contributed by atoms with E-state index in [2.05, 4.69) is 55.9 Å². The summed E-state index contributed by atoms with van der Waals surface area (Å²) in [7, 11) is 0. The van der Waals surface area contributed by atoms with Crippen molar-refractivity contribution in [3.8, 4) is 0 Å². The second-order valence-corrected chi connectivity index (χ2v) is 7.09. The Morgan fingerprint density at radius 1 is 1.27 bits per heavy atom. The number of hydrogen-bond donors (Lipinski definition) is 0. The minimum Gasteiger partial charge on any atom is -0.355 e. The lowest BCUT2D eigenvalue weighted by Gasteiger charge is -2.40. The van der Waals surface area contributed by atoms with E-state index in [-0.39, 0.29) is 0 Å². The molecule has 0 saturated carbocycles. The molecule has 0 radical (unpaired) electrons. The molecule has 0 spiro atoms. The SMILES string of the molecule is CC(C)c1nccn1CC1CN(c2ncnc3sccc23)C1. The number of thiophene rings is 1. The third kappa shape index (κ3) is 2.27. The van der Waals surface area contributed by atoms with E-state index in [9.17, 15) is 0 Å². The summed E-state index contributed by atoms with van der Waals surface area (Å²) in [5.74, 6) is 3.40. The van der Waals surface area contributed by atoms with E-state index in [4.69, 9.17) is 0 Å². The molecule has 0 unspecified atom stereocenters. The van der Waals surface area contributed by atoms with Gasteiger partial charge in [-0.2, -0.15) is 0 Å². The molecular weight excluding hydrogens is 294 g/mol. The zero-order valence-corrected chi connectivity index (χ0v) is 13.6. The second-order valence-electron chi connectivity index (χ2n) is 6.20. The van der Waals surface area contributed by atoms with Gasteiger partial charge in [0.25, 0.3) is 0 Å². The standard InChI is InChI=1S/C16H19N5S/c1-11(2)14-17-4-5-20(14)7-12-8-21(9-12)15-13-3-6-22-16(13)19-10-18-15/h3-6,10-12H,7-9H2,1-2H3. The Morgan fingerprint density at radius 3 is 2.95 bits per heavy atom. The zero-order valence-electron chi connectivity index (χ0n) is 12.8. The molecule has 4 rings (SSSR count). The molecule has 0 N–H and O–H groups in total. The molecule has 0 amide bonds. The molecule has 4 heterocycles. The molecule has 5 nitrogen and oxygen atoms in total. The monoisotopic (exact) mass is 313 g/mol. The molecule has 114 valence electrons. The normalized spacial score (nSPS) is 15.7. The van der Waals surface area contributed by atoms with Gasteiger partial charge in [-0.1, -0.05) is 13.8 Å². The first kappa shape index (κ1) is 13.7. The van der Waals surface area contributed by atoms with Crippen molar-refractivity contribution in [3.63, 3.8) is 0 Å². The van der Waals surface area contributed by atoms with E-state index < -0.39 is 0 Å². The smallest absolute Gasteiger partial charge is 0.140 e. The van der Waals surface area contributed by atoms with Crippen molar-refractivity contribution in [2.24, 2.45) is 5.92 Å². The molecule has 1 aliphatic heterocycles. The van der Waals surface area contributed by atoms with Crippen molar-refractivity contribution in [1.29, 1.82) is 0 Å². The van der Waals surface area contributed by atoms with Gasteiger partial charge in [0.1, 0.15) is 22.8 Å². The Hall–Kier alpha value is -1.95. The fraction of sp³-hybridized carbons (Fsp3) is 0.438. The molecule has 1 fully saturated rings. The van der Waals surface area contributed by atoms with Gasteiger partial charge in [0.05, 0.1) is 5.39 Å². The summed E-state index contributed by atoms with van der Waals surface area (Å²) in [4.78, 5) is 16.7. The average Bonchev–Trinajstić information content (AvgIpc) is 3.10. The topological polar surface area (TPSA) is 46.8 Å². The average molecular weight is 313 g/mol. The van der Waals surface area contributed by atoms with Crippen LogP contribution in [0.3, 0.4) is 0 Å². The van der Waals surface area contributed by atoms with Gasteiger partial charge in [0.15, 0.2) is 0 Å². The molecule has 1 aliphatic rings. The minimum absolute atomic E-state index is 0.471. The van der Waals surface area contributed by atoms with Crippen LogP contribution in [-0.2, 0) is 6.54 Å². The van der Waals surface area contributed by atoms with Gasteiger partial charge in [-0.05, 0) is 11.4 Å². The lowest BCUT2D eigenvalue weighted by Crippen LogP contribution is -2.49. The van der Waals surface area contributed by atoms with Gasteiger partial charge in [0, 0.05) is 43.9 Å². The zero-order chi connectivity index (χ0) is 15.1. The summed E-state index contributed by atoms with van der Waals surface area (Å²) in [6.07, 6.45) is 5.68. The quantitative estimate of drug-likeness (QED) is 0.742. The lowest BCUT2D eigenvalue weighted by atomic mass is 9.99. The van der Waals surface area contributed by atoms with Gasteiger partial charge < -0.3 is 9.47 Å². The van der Waals surface area contributed by atoms with Crippen molar-refractivity contribution in [2.75, 3.05) is 18.0 Å². The molecular formula is C16H19N5S. The van der Waals surface area contributed by atoms with Crippen LogP contribution in [0.15, 0.2) is 30.2 Å². The predicted molar refractivity (Wildman–Crippen MR) is 89.4 cm³/mol. The van der Waals surface area contributed by atoms with Crippen molar-refractivity contribution < 1.29 is 0 Å². The van der Waals surface area contributed by atoms with E-state index in [0.717, 1.165) is 30.3 Å². The van der Waals surface area contributed by atoms with E-state index in [1.54, 1.807) is 17.7 Å². The highest BCUT2D eigenvalue weighted by Crippen LogP contribution is 2.31. The van der Waals surface area contributed by atoms with Crippen LogP contribution in [0.5, 0.6) is 0 Å². The number of anilines is 1. The van der Waals surface area contributed by atoms with Crippen LogP contribution < -0.4 is 4.90 Å². The summed E-state index contributed by atoms with van der Waals surface area (Å²) < 4.78 is 2.30. The molecule has 0 aliphatic carbocycles. The number of fused-ring (bicyclic) bond motifs is 1. The largest absolute Gasteiger partial charge is 0.355 e. The summed E-state index contributed by atoms with van der Waals surface area (Å²) in [5, 5.41) is 3.26. The first-order chi connectivity index (χ1) is 10.7. The van der Waals surface area contributed by atoms with Gasteiger partial charge in [-0.25, -0.2) is 15.0 Å². The van der Waals surface area contributed by atoms with E-state index in [0.29, 0.717) is 11.8 Å². The number of rotatable bonds is 4. The van der Waals surface area contributed by atoms with Crippen LogP contribution in [0.25, 0.3) is 10.2 Å². The highest BCUT2D eigenvalue weighted by molar-refractivity contribution is 7.16. The Bertz CT molecular complexity index is 785. The molecule has 3 aromatic rings. The third-order valence-electron chi connectivity index (χ3n) is 4.22. The molecule has 3 aromatic heterocycles. The highest BCUT2D eigenvalue weighted by Gasteiger charge is 2.30. The van der Waals surface area contributed by atoms with Crippen molar-refractivity contribution >= 4 is 27.4 Å². The van der Waals surface area contributed by atoms with Crippen LogP contribution in [-0.4, -0.2) is 32.6 Å². The molecule has 1 saturated heterocycles. The maximum absolute atomic E-state index is 4.48. The third-order valence-corrected chi connectivity index (χ3v) is 5.04. The number of aromatic nitrogens is 4. The fourth-order valence-electron chi connectivity index (χ4n) is 3.14. The van der Waals surface area contributed by atoms with E-state index in [1.165, 1.54) is 11.2 Å². The summed E-state index contributed by atoms with van der Waals surface area (Å²) >= 11 is 1.67. The minimum atomic E-state index is 0.471. The number of imidazole rings is 1. The highest BCUT2D eigenvalue weighted by atomic mass is 32.1. The maximum Gasteiger partial charge on any atom is 0.140 e. The summed E-state index contributed by atoms with van der Waals surface area (Å²) in [6.45, 7) is 7.54. The molecule has 6 heteroatoms. The second kappa shape index (κ2) is 5.35. The number of hydrogen-bond acceptors (Lipinski definition) is 5. The Labute approximate surface area is 133 Å². The molecule has 0 aromatic carbocycles. The van der Waals surface area contributed by atoms with Crippen LogP contribution in [0.2, 0.25) is 0 Å². The lowest BCUT2D eigenvalue weighted by molar-refractivity contribution is 0.349. The Morgan fingerprint density at radius 2 is 2.14 bits per heavy atom. The molecule has 0 bridgehead atoms. The number of nitrogens with zero attached hydrogens (tertiary/aromatic N) is 5. The van der Waals surface area contributed by atoms with Crippen LogP contribution in [0.4, 0.5) is 5.82 Å². The maximum atomic E-state index is 4.48. The molecule has 0 atom stereocenters. The Balaban J connectivity index is 1.46. The van der Waals surface area contributed by atoms with E-state index >= 15 is 0 Å². The Kier molecular flexibility index (Phi) is 3.33. The summed E-state index contributed by atoms with van der Waals surface area (Å²) in [6, 6.07) is 2.12. The van der Waals surface area contributed by atoms with Gasteiger partial charge >= 0.3 is 0 Å². The first-order valence-corrected chi connectivity index (χ1v) is 8.54. The molecule has 22 heavy (non-hydrogen) atoms. The fourth-order valence-corrected chi connectivity index (χ4v) is 3.87. The van der Waals surface area contributed by atoms with Gasteiger partial charge in [0.2, 0.25) is 0 Å². The van der Waals surface area contributed by atoms with E-state index in [1.807, 2.05) is 6.20 Å². The van der Waals surface area contributed by atoms with Gasteiger partial charge in [-0.15, -0.1) is 11.3 Å². The van der Waals surface area contributed by atoms with Crippen LogP contribution >= 0.6 is 11.3 Å². The van der Waals surface area contributed by atoms with Gasteiger partial charge in [-0.3, -0.25) is 0 Å². The first-order valence-electron chi connectivity index (χ1n) is 7.66. The van der Waals surface area contributed by atoms with Crippen molar-refractivity contribution in [2.45, 2.75) is 26.3 Å².